The van der Waals surface area contributed by atoms with Crippen LogP contribution in [0.2, 0.25) is 5.02 Å². The largest absolute Gasteiger partial charge is 0.281 e. The highest BCUT2D eigenvalue weighted by Gasteiger charge is 2.22. The maximum Gasteiger partial charge on any atom is 0.265 e. The molecule has 0 unspecified atom stereocenters. The van der Waals surface area contributed by atoms with Gasteiger partial charge in [-0.1, -0.05) is 23.7 Å². The first kappa shape index (κ1) is 18.0. The van der Waals surface area contributed by atoms with Crippen LogP contribution >= 0.6 is 22.9 Å². The number of sulfonamides is 1. The van der Waals surface area contributed by atoms with Crippen LogP contribution < -0.4 is 4.72 Å². The van der Waals surface area contributed by atoms with Gasteiger partial charge in [-0.2, -0.15) is 5.10 Å². The molecule has 2 aromatic carbocycles. The second-order valence-corrected chi connectivity index (χ2v) is 9.11. The second kappa shape index (κ2) is 6.63. The Morgan fingerprint density at radius 2 is 1.93 bits per heavy atom. The Balaban J connectivity index is 1.68. The van der Waals surface area contributed by atoms with Gasteiger partial charge in [0.2, 0.25) is 0 Å². The van der Waals surface area contributed by atoms with Gasteiger partial charge in [-0.25, -0.2) is 13.4 Å². The van der Waals surface area contributed by atoms with Gasteiger partial charge >= 0.3 is 0 Å². The first-order valence-corrected chi connectivity index (χ1v) is 10.7. The number of halogens is 1. The number of fused-ring (bicyclic) bond motifs is 1. The molecule has 0 saturated carbocycles. The van der Waals surface area contributed by atoms with E-state index in [9.17, 15) is 8.42 Å². The molecule has 2 aromatic heterocycles. The summed E-state index contributed by atoms with van der Waals surface area (Å²) in [5.74, 6) is 0. The molecule has 0 fully saturated rings. The fourth-order valence-electron chi connectivity index (χ4n) is 2.88. The Kier molecular flexibility index (Phi) is 4.41. The van der Waals surface area contributed by atoms with Crippen LogP contribution in [0.3, 0.4) is 0 Å². The summed E-state index contributed by atoms with van der Waals surface area (Å²) >= 11 is 7.96. The van der Waals surface area contributed by atoms with Crippen LogP contribution in [0.4, 0.5) is 5.69 Å². The van der Waals surface area contributed by atoms with E-state index in [0.717, 1.165) is 20.8 Å². The van der Waals surface area contributed by atoms with Gasteiger partial charge in [0.05, 0.1) is 32.3 Å². The van der Waals surface area contributed by atoms with Crippen molar-refractivity contribution < 1.29 is 8.42 Å². The topological polar surface area (TPSA) is 87.7 Å². The van der Waals surface area contributed by atoms with Crippen molar-refractivity contribution in [2.45, 2.75) is 18.7 Å². The number of aromatic nitrogens is 3. The Morgan fingerprint density at radius 1 is 1.15 bits per heavy atom. The Hall–Kier alpha value is -2.42. The summed E-state index contributed by atoms with van der Waals surface area (Å²) in [4.78, 5) is 4.74. The van der Waals surface area contributed by atoms with Crippen LogP contribution in [-0.4, -0.2) is 23.6 Å². The average molecular weight is 419 g/mol. The van der Waals surface area contributed by atoms with E-state index in [4.69, 9.17) is 11.6 Å². The number of anilines is 1. The number of hydrogen-bond donors (Lipinski definition) is 2. The van der Waals surface area contributed by atoms with E-state index in [0.29, 0.717) is 22.1 Å². The predicted molar refractivity (Wildman–Crippen MR) is 109 cm³/mol. The maximum absolute atomic E-state index is 12.7. The molecule has 6 nitrogen and oxygen atoms in total. The Labute approximate surface area is 165 Å². The van der Waals surface area contributed by atoms with E-state index in [1.807, 2.05) is 24.3 Å². The number of aryl methyl sites for hydroxylation is 2. The molecule has 0 aliphatic carbocycles. The van der Waals surface area contributed by atoms with E-state index in [1.54, 1.807) is 32.0 Å². The Bertz CT molecular complexity index is 1210. The van der Waals surface area contributed by atoms with Gasteiger partial charge in [0.15, 0.2) is 0 Å². The molecule has 138 valence electrons. The van der Waals surface area contributed by atoms with Gasteiger partial charge in [-0.15, -0.1) is 11.3 Å². The highest BCUT2D eigenvalue weighted by molar-refractivity contribution is 7.92. The summed E-state index contributed by atoms with van der Waals surface area (Å²) in [6, 6.07) is 12.9. The number of benzene rings is 2. The van der Waals surface area contributed by atoms with Crippen molar-refractivity contribution >= 4 is 48.9 Å². The standard InChI is InChI=1S/C18H15ClN4O2S2/c1-10-17(11(2)22-21-10)27(24,25)23-12-7-8-13(14(19)9-12)18-20-15-5-3-4-6-16(15)26-18/h3-9,23H,1-2H3,(H,21,22). The highest BCUT2D eigenvalue weighted by Crippen LogP contribution is 2.36. The van der Waals surface area contributed by atoms with Crippen LogP contribution in [0.5, 0.6) is 0 Å². The van der Waals surface area contributed by atoms with Crippen LogP contribution in [0, 0.1) is 13.8 Å². The van der Waals surface area contributed by atoms with Crippen molar-refractivity contribution in [3.8, 4) is 10.6 Å². The SMILES string of the molecule is Cc1n[nH]c(C)c1S(=O)(=O)Nc1ccc(-c2nc3ccccc3s2)c(Cl)c1. The predicted octanol–water partition coefficient (Wildman–Crippen LogP) is 4.76. The molecular formula is C18H15ClN4O2S2. The number of rotatable bonds is 4. The summed E-state index contributed by atoms with van der Waals surface area (Å²) in [5, 5.41) is 7.84. The average Bonchev–Trinajstić information content (AvgIpc) is 3.17. The van der Waals surface area contributed by atoms with Gasteiger partial charge in [-0.3, -0.25) is 9.82 Å². The van der Waals surface area contributed by atoms with Crippen LogP contribution in [0.1, 0.15) is 11.4 Å². The summed E-state index contributed by atoms with van der Waals surface area (Å²) < 4.78 is 29.0. The fourth-order valence-corrected chi connectivity index (χ4v) is 5.64. The molecule has 0 aliphatic heterocycles. The van der Waals surface area contributed by atoms with E-state index in [2.05, 4.69) is 19.9 Å². The van der Waals surface area contributed by atoms with Gasteiger partial charge in [0, 0.05) is 5.56 Å². The van der Waals surface area contributed by atoms with E-state index < -0.39 is 10.0 Å². The molecule has 0 aliphatic rings. The molecule has 0 radical (unpaired) electrons. The van der Waals surface area contributed by atoms with E-state index in [1.165, 1.54) is 11.3 Å². The highest BCUT2D eigenvalue weighted by atomic mass is 35.5. The molecule has 2 N–H and O–H groups in total. The number of aromatic amines is 1. The number of nitrogens with zero attached hydrogens (tertiary/aromatic N) is 2. The lowest BCUT2D eigenvalue weighted by Gasteiger charge is -2.10. The first-order valence-electron chi connectivity index (χ1n) is 8.05. The molecule has 0 amide bonds. The minimum absolute atomic E-state index is 0.147. The van der Waals surface area contributed by atoms with Crippen LogP contribution in [0.25, 0.3) is 20.8 Å². The van der Waals surface area contributed by atoms with E-state index >= 15 is 0 Å². The molecule has 0 bridgehead atoms. The van der Waals surface area contributed by atoms with Crippen molar-refractivity contribution in [2.75, 3.05) is 4.72 Å². The lowest BCUT2D eigenvalue weighted by atomic mass is 10.2. The zero-order valence-electron chi connectivity index (χ0n) is 14.4. The van der Waals surface area contributed by atoms with E-state index in [-0.39, 0.29) is 4.90 Å². The third-order valence-electron chi connectivity index (χ3n) is 4.07. The van der Waals surface area contributed by atoms with Gasteiger partial charge in [0.1, 0.15) is 9.90 Å². The quantitative estimate of drug-likeness (QED) is 0.500. The molecule has 4 rings (SSSR count). The number of H-pyrrole nitrogens is 1. The molecule has 0 spiro atoms. The smallest absolute Gasteiger partial charge is 0.265 e. The summed E-state index contributed by atoms with van der Waals surface area (Å²) in [6.07, 6.45) is 0. The normalized spacial score (nSPS) is 11.8. The molecule has 0 saturated heterocycles. The van der Waals surface area contributed by atoms with Gasteiger partial charge in [-0.05, 0) is 44.2 Å². The zero-order chi connectivity index (χ0) is 19.2. The molecule has 4 aromatic rings. The number of thiazole rings is 1. The third-order valence-corrected chi connectivity index (χ3v) is 7.10. The summed E-state index contributed by atoms with van der Waals surface area (Å²) in [5.41, 5.74) is 2.94. The molecule has 0 atom stereocenters. The minimum atomic E-state index is -3.76. The monoisotopic (exact) mass is 418 g/mol. The molecular weight excluding hydrogens is 404 g/mol. The lowest BCUT2D eigenvalue weighted by molar-refractivity contribution is 0.600. The van der Waals surface area contributed by atoms with Crippen molar-refractivity contribution in [3.05, 3.63) is 58.9 Å². The molecule has 9 heteroatoms. The molecule has 27 heavy (non-hydrogen) atoms. The minimum Gasteiger partial charge on any atom is -0.281 e. The van der Waals surface area contributed by atoms with Crippen molar-refractivity contribution in [1.82, 2.24) is 15.2 Å². The number of para-hydroxylation sites is 1. The van der Waals surface area contributed by atoms with Crippen molar-refractivity contribution in [1.29, 1.82) is 0 Å². The number of nitrogens with one attached hydrogen (secondary N) is 2. The summed E-state index contributed by atoms with van der Waals surface area (Å²) in [6.45, 7) is 3.30. The maximum atomic E-state index is 12.7. The van der Waals surface area contributed by atoms with Crippen molar-refractivity contribution in [2.24, 2.45) is 0 Å². The fraction of sp³-hybridized carbons (Fsp3) is 0.111. The third kappa shape index (κ3) is 3.31. The number of hydrogen-bond acceptors (Lipinski definition) is 5. The van der Waals surface area contributed by atoms with Crippen LogP contribution in [-0.2, 0) is 10.0 Å². The van der Waals surface area contributed by atoms with Crippen LogP contribution in [0.15, 0.2) is 47.4 Å². The van der Waals surface area contributed by atoms with Gasteiger partial charge in [0.25, 0.3) is 10.0 Å². The zero-order valence-corrected chi connectivity index (χ0v) is 16.8. The summed E-state index contributed by atoms with van der Waals surface area (Å²) in [7, 11) is -3.76. The lowest BCUT2D eigenvalue weighted by Crippen LogP contribution is -2.14. The van der Waals surface area contributed by atoms with Gasteiger partial charge < -0.3 is 0 Å². The molecule has 2 heterocycles. The first-order chi connectivity index (χ1) is 12.8. The Morgan fingerprint density at radius 3 is 2.59 bits per heavy atom. The van der Waals surface area contributed by atoms with Crippen molar-refractivity contribution in [3.63, 3.8) is 0 Å². The second-order valence-electron chi connectivity index (χ2n) is 6.05.